The van der Waals surface area contributed by atoms with E-state index in [9.17, 15) is 0 Å². The van der Waals surface area contributed by atoms with Crippen molar-refractivity contribution in [2.24, 2.45) is 0 Å². The van der Waals surface area contributed by atoms with Gasteiger partial charge < -0.3 is 5.73 Å². The maximum atomic E-state index is 6.14. The summed E-state index contributed by atoms with van der Waals surface area (Å²) >= 11 is 0. The lowest BCUT2D eigenvalue weighted by Gasteiger charge is -2.16. The molecule has 0 aliphatic rings. The fourth-order valence-corrected chi connectivity index (χ4v) is 3.49. The average Bonchev–Trinajstić information content (AvgIpc) is 2.72. The van der Waals surface area contributed by atoms with Crippen molar-refractivity contribution >= 4 is 16.7 Å². The molecule has 4 heteroatoms. The highest BCUT2D eigenvalue weighted by atomic mass is 15.0. The summed E-state index contributed by atoms with van der Waals surface area (Å²) in [6, 6.07) is 18.7. The van der Waals surface area contributed by atoms with Crippen LogP contribution >= 0.6 is 0 Å². The maximum absolute atomic E-state index is 6.14. The SMILES string of the molecule is CCCCc1c(-c2ccncc2)nc(N)nc1-c1cccc2ccccc12. The van der Waals surface area contributed by atoms with Crippen molar-refractivity contribution in [3.05, 3.63) is 72.6 Å². The normalized spacial score (nSPS) is 11.0. The number of nitrogens with two attached hydrogens (primary N) is 1. The summed E-state index contributed by atoms with van der Waals surface area (Å²) in [6.07, 6.45) is 6.66. The van der Waals surface area contributed by atoms with Crippen molar-refractivity contribution in [2.45, 2.75) is 26.2 Å². The first-order valence-electron chi connectivity index (χ1n) is 9.33. The van der Waals surface area contributed by atoms with Crippen LogP contribution in [0.2, 0.25) is 0 Å². The van der Waals surface area contributed by atoms with E-state index in [4.69, 9.17) is 5.73 Å². The number of hydrogen-bond donors (Lipinski definition) is 1. The second-order valence-corrected chi connectivity index (χ2v) is 6.62. The Balaban J connectivity index is 2.01. The molecule has 0 saturated heterocycles. The summed E-state index contributed by atoms with van der Waals surface area (Å²) in [7, 11) is 0. The van der Waals surface area contributed by atoms with Crippen LogP contribution in [0.5, 0.6) is 0 Å². The van der Waals surface area contributed by atoms with Crippen LogP contribution in [0.4, 0.5) is 5.95 Å². The highest BCUT2D eigenvalue weighted by Crippen LogP contribution is 2.35. The Morgan fingerprint density at radius 3 is 2.41 bits per heavy atom. The van der Waals surface area contributed by atoms with Crippen molar-refractivity contribution in [1.82, 2.24) is 15.0 Å². The van der Waals surface area contributed by atoms with E-state index in [2.05, 4.69) is 64.3 Å². The number of pyridine rings is 1. The number of nitrogen functional groups attached to an aromatic ring is 1. The number of hydrogen-bond acceptors (Lipinski definition) is 4. The van der Waals surface area contributed by atoms with Crippen LogP contribution in [-0.2, 0) is 6.42 Å². The summed E-state index contributed by atoms with van der Waals surface area (Å²) in [5.41, 5.74) is 11.2. The van der Waals surface area contributed by atoms with E-state index in [1.165, 1.54) is 10.8 Å². The number of benzene rings is 2. The molecule has 0 unspecified atom stereocenters. The van der Waals surface area contributed by atoms with Crippen LogP contribution in [-0.4, -0.2) is 15.0 Å². The van der Waals surface area contributed by atoms with Crippen molar-refractivity contribution in [1.29, 1.82) is 0 Å². The number of aromatic nitrogens is 3. The Labute approximate surface area is 159 Å². The molecule has 2 heterocycles. The van der Waals surface area contributed by atoms with Crippen molar-refractivity contribution in [2.75, 3.05) is 5.73 Å². The molecule has 134 valence electrons. The Kier molecular flexibility index (Phi) is 4.79. The topological polar surface area (TPSA) is 64.7 Å². The van der Waals surface area contributed by atoms with Crippen molar-refractivity contribution in [3.63, 3.8) is 0 Å². The molecule has 0 fully saturated rings. The standard InChI is InChI=1S/C23H22N4/c1-2-3-9-20-21(17-12-14-25-15-13-17)26-23(24)27-22(20)19-11-6-8-16-7-4-5-10-18(16)19/h4-8,10-15H,2-3,9H2,1H3,(H2,24,26,27). The predicted molar refractivity (Wildman–Crippen MR) is 111 cm³/mol. The minimum absolute atomic E-state index is 0.296. The molecule has 2 aromatic carbocycles. The van der Waals surface area contributed by atoms with E-state index in [1.807, 2.05) is 12.1 Å². The molecule has 4 nitrogen and oxygen atoms in total. The van der Waals surface area contributed by atoms with E-state index < -0.39 is 0 Å². The van der Waals surface area contributed by atoms with Gasteiger partial charge in [0, 0.05) is 29.1 Å². The maximum Gasteiger partial charge on any atom is 0.221 e. The third kappa shape index (κ3) is 3.38. The lowest BCUT2D eigenvalue weighted by Crippen LogP contribution is -2.05. The highest BCUT2D eigenvalue weighted by molar-refractivity contribution is 5.97. The molecule has 0 radical (unpaired) electrons. The second-order valence-electron chi connectivity index (χ2n) is 6.62. The van der Waals surface area contributed by atoms with Gasteiger partial charge in [-0.25, -0.2) is 9.97 Å². The van der Waals surface area contributed by atoms with Crippen molar-refractivity contribution in [3.8, 4) is 22.5 Å². The third-order valence-corrected chi connectivity index (χ3v) is 4.80. The summed E-state index contributed by atoms with van der Waals surface area (Å²) in [4.78, 5) is 13.4. The first-order chi connectivity index (χ1) is 13.3. The number of rotatable bonds is 5. The second kappa shape index (κ2) is 7.54. The molecular formula is C23H22N4. The van der Waals surface area contributed by atoms with Gasteiger partial charge in [-0.3, -0.25) is 4.98 Å². The number of unbranched alkanes of at least 4 members (excludes halogenated alkanes) is 1. The zero-order valence-electron chi connectivity index (χ0n) is 15.4. The van der Waals surface area contributed by atoms with Crippen LogP contribution in [0.15, 0.2) is 67.0 Å². The first-order valence-corrected chi connectivity index (χ1v) is 9.33. The van der Waals surface area contributed by atoms with Gasteiger partial charge in [-0.05, 0) is 35.7 Å². The third-order valence-electron chi connectivity index (χ3n) is 4.80. The molecule has 0 spiro atoms. The van der Waals surface area contributed by atoms with Crippen LogP contribution in [0.3, 0.4) is 0 Å². The molecule has 2 N–H and O–H groups in total. The minimum atomic E-state index is 0.296. The molecule has 0 aliphatic heterocycles. The van der Waals surface area contributed by atoms with E-state index in [-0.39, 0.29) is 0 Å². The van der Waals surface area contributed by atoms with Crippen LogP contribution in [0.1, 0.15) is 25.3 Å². The Bertz CT molecular complexity index is 1070. The molecule has 0 atom stereocenters. The molecule has 2 aromatic heterocycles. The molecule has 0 amide bonds. The number of fused-ring (bicyclic) bond motifs is 1. The fourth-order valence-electron chi connectivity index (χ4n) is 3.49. The van der Waals surface area contributed by atoms with Gasteiger partial charge in [-0.2, -0.15) is 0 Å². The van der Waals surface area contributed by atoms with E-state index >= 15 is 0 Å². The van der Waals surface area contributed by atoms with Crippen LogP contribution < -0.4 is 5.73 Å². The zero-order chi connectivity index (χ0) is 18.6. The number of nitrogens with zero attached hydrogens (tertiary/aromatic N) is 3. The Morgan fingerprint density at radius 1 is 0.852 bits per heavy atom. The van der Waals surface area contributed by atoms with Gasteiger partial charge in [0.2, 0.25) is 5.95 Å². The van der Waals surface area contributed by atoms with E-state index in [0.29, 0.717) is 5.95 Å². The zero-order valence-corrected chi connectivity index (χ0v) is 15.4. The molecule has 4 rings (SSSR count). The molecule has 27 heavy (non-hydrogen) atoms. The molecule has 0 saturated carbocycles. The van der Waals surface area contributed by atoms with Gasteiger partial charge in [-0.15, -0.1) is 0 Å². The average molecular weight is 354 g/mol. The Hall–Kier alpha value is -3.27. The first kappa shape index (κ1) is 17.2. The highest BCUT2D eigenvalue weighted by Gasteiger charge is 2.17. The summed E-state index contributed by atoms with van der Waals surface area (Å²) in [6.45, 7) is 2.20. The Morgan fingerprint density at radius 2 is 1.59 bits per heavy atom. The van der Waals surface area contributed by atoms with E-state index in [1.54, 1.807) is 12.4 Å². The lowest BCUT2D eigenvalue weighted by atomic mass is 9.94. The molecule has 0 aliphatic carbocycles. The summed E-state index contributed by atoms with van der Waals surface area (Å²) in [5, 5.41) is 2.37. The summed E-state index contributed by atoms with van der Waals surface area (Å²) in [5.74, 6) is 0.296. The predicted octanol–water partition coefficient (Wildman–Crippen LogP) is 5.28. The number of anilines is 1. The van der Waals surface area contributed by atoms with Crippen LogP contribution in [0, 0.1) is 0 Å². The lowest BCUT2D eigenvalue weighted by molar-refractivity contribution is 0.791. The van der Waals surface area contributed by atoms with E-state index in [0.717, 1.165) is 47.3 Å². The molecule has 0 bridgehead atoms. The minimum Gasteiger partial charge on any atom is -0.368 e. The monoisotopic (exact) mass is 354 g/mol. The molecular weight excluding hydrogens is 332 g/mol. The van der Waals surface area contributed by atoms with Gasteiger partial charge in [0.05, 0.1) is 11.4 Å². The van der Waals surface area contributed by atoms with Crippen LogP contribution in [0.25, 0.3) is 33.3 Å². The largest absolute Gasteiger partial charge is 0.368 e. The fraction of sp³-hybridized carbons (Fsp3) is 0.174. The van der Waals surface area contributed by atoms with Gasteiger partial charge >= 0.3 is 0 Å². The van der Waals surface area contributed by atoms with Gasteiger partial charge in [-0.1, -0.05) is 55.8 Å². The smallest absolute Gasteiger partial charge is 0.221 e. The van der Waals surface area contributed by atoms with Gasteiger partial charge in [0.15, 0.2) is 0 Å². The quantitative estimate of drug-likeness (QED) is 0.529. The van der Waals surface area contributed by atoms with Gasteiger partial charge in [0.25, 0.3) is 0 Å². The van der Waals surface area contributed by atoms with Crippen molar-refractivity contribution < 1.29 is 0 Å². The molecule has 4 aromatic rings. The van der Waals surface area contributed by atoms with Gasteiger partial charge in [0.1, 0.15) is 0 Å². The summed E-state index contributed by atoms with van der Waals surface area (Å²) < 4.78 is 0.